The van der Waals surface area contributed by atoms with Crippen molar-refractivity contribution < 1.29 is 4.74 Å². The Morgan fingerprint density at radius 3 is 2.56 bits per heavy atom. The third kappa shape index (κ3) is 5.90. The lowest BCUT2D eigenvalue weighted by Crippen LogP contribution is -2.04. The third-order valence-corrected chi connectivity index (χ3v) is 4.04. The molecule has 0 fully saturated rings. The summed E-state index contributed by atoms with van der Waals surface area (Å²) in [6.07, 6.45) is 9.07. The van der Waals surface area contributed by atoms with Crippen LogP contribution in [0.3, 0.4) is 0 Å². The van der Waals surface area contributed by atoms with Gasteiger partial charge in [0.1, 0.15) is 5.75 Å². The summed E-state index contributed by atoms with van der Waals surface area (Å²) in [5.74, 6) is 1.01. The van der Waals surface area contributed by atoms with Crippen LogP contribution >= 0.6 is 15.9 Å². The van der Waals surface area contributed by atoms with Crippen LogP contribution in [0.5, 0.6) is 5.75 Å². The molecule has 1 unspecified atom stereocenters. The van der Waals surface area contributed by atoms with E-state index in [1.807, 2.05) is 12.1 Å². The van der Waals surface area contributed by atoms with E-state index in [2.05, 4.69) is 35.0 Å². The number of hydrogen-bond donors (Lipinski definition) is 0. The van der Waals surface area contributed by atoms with Gasteiger partial charge < -0.3 is 4.74 Å². The Hall–Kier alpha value is -0.500. The zero-order chi connectivity index (χ0) is 13.2. The summed E-state index contributed by atoms with van der Waals surface area (Å²) in [5.41, 5.74) is 1.30. The highest BCUT2D eigenvalue weighted by Gasteiger charge is 2.08. The first-order valence-corrected chi connectivity index (χ1v) is 7.95. The van der Waals surface area contributed by atoms with Crippen LogP contribution in [0, 0.1) is 0 Å². The molecule has 1 aromatic rings. The van der Waals surface area contributed by atoms with Crippen LogP contribution in [0.15, 0.2) is 24.3 Å². The van der Waals surface area contributed by atoms with Crippen molar-refractivity contribution in [1.82, 2.24) is 0 Å². The second-order valence-electron chi connectivity index (χ2n) is 4.82. The normalized spacial score (nSPS) is 12.4. The minimum absolute atomic E-state index is 0.565. The number of rotatable bonds is 9. The molecular formula is C16H25BrO. The maximum atomic E-state index is 5.38. The van der Waals surface area contributed by atoms with Crippen molar-refractivity contribution in [3.63, 3.8) is 0 Å². The van der Waals surface area contributed by atoms with Gasteiger partial charge in [-0.05, 0) is 24.5 Å². The molecule has 0 heterocycles. The topological polar surface area (TPSA) is 9.23 Å². The highest BCUT2D eigenvalue weighted by Crippen LogP contribution is 2.23. The zero-order valence-electron chi connectivity index (χ0n) is 11.6. The Labute approximate surface area is 120 Å². The van der Waals surface area contributed by atoms with Crippen LogP contribution < -0.4 is 4.74 Å². The van der Waals surface area contributed by atoms with Crippen LogP contribution in [-0.4, -0.2) is 11.9 Å². The van der Waals surface area contributed by atoms with Gasteiger partial charge in [-0.3, -0.25) is 0 Å². The van der Waals surface area contributed by atoms with Gasteiger partial charge in [0.05, 0.1) is 7.11 Å². The van der Waals surface area contributed by atoms with Crippen molar-refractivity contribution in [1.29, 1.82) is 0 Å². The first-order valence-electron chi connectivity index (χ1n) is 7.04. The number of ether oxygens (including phenoxy) is 1. The predicted molar refractivity (Wildman–Crippen MR) is 82.8 cm³/mol. The summed E-state index contributed by atoms with van der Waals surface area (Å²) in [6.45, 7) is 2.26. The van der Waals surface area contributed by atoms with E-state index in [-0.39, 0.29) is 0 Å². The number of benzene rings is 1. The van der Waals surface area contributed by atoms with Crippen molar-refractivity contribution in [2.75, 3.05) is 7.11 Å². The maximum absolute atomic E-state index is 5.38. The lowest BCUT2D eigenvalue weighted by molar-refractivity contribution is 0.409. The number of unbranched alkanes of at least 4 members (excludes halogenated alkanes) is 4. The summed E-state index contributed by atoms with van der Waals surface area (Å²) in [7, 11) is 1.74. The third-order valence-electron chi connectivity index (χ3n) is 3.25. The summed E-state index contributed by atoms with van der Waals surface area (Å²) >= 11 is 3.79. The maximum Gasteiger partial charge on any atom is 0.122 e. The number of alkyl halides is 1. The second kappa shape index (κ2) is 9.43. The van der Waals surface area contributed by atoms with Crippen molar-refractivity contribution in [2.24, 2.45) is 0 Å². The lowest BCUT2D eigenvalue weighted by Gasteiger charge is -2.12. The molecule has 0 radical (unpaired) electrons. The molecule has 18 heavy (non-hydrogen) atoms. The molecule has 102 valence electrons. The average Bonchev–Trinajstić information content (AvgIpc) is 2.39. The first kappa shape index (κ1) is 15.6. The van der Waals surface area contributed by atoms with Crippen molar-refractivity contribution in [3.8, 4) is 5.75 Å². The van der Waals surface area contributed by atoms with Crippen molar-refractivity contribution >= 4 is 15.9 Å². The number of methoxy groups -OCH3 is 1. The number of para-hydroxylation sites is 1. The van der Waals surface area contributed by atoms with Gasteiger partial charge in [0.25, 0.3) is 0 Å². The number of hydrogen-bond acceptors (Lipinski definition) is 1. The monoisotopic (exact) mass is 312 g/mol. The Kier molecular flexibility index (Phi) is 8.15. The van der Waals surface area contributed by atoms with Gasteiger partial charge in [0, 0.05) is 4.83 Å². The fourth-order valence-electron chi connectivity index (χ4n) is 2.18. The molecule has 0 amide bonds. The molecule has 0 saturated heterocycles. The molecule has 0 aliphatic heterocycles. The van der Waals surface area contributed by atoms with Crippen LogP contribution in [0.25, 0.3) is 0 Å². The summed E-state index contributed by atoms with van der Waals surface area (Å²) in [4.78, 5) is 0.565. The van der Waals surface area contributed by atoms with Gasteiger partial charge in [-0.2, -0.15) is 0 Å². The second-order valence-corrected chi connectivity index (χ2v) is 6.11. The van der Waals surface area contributed by atoms with Gasteiger partial charge >= 0.3 is 0 Å². The standard InChI is InChI=1S/C16H25BrO/c1-3-4-5-6-7-11-15(17)13-14-10-8-9-12-16(14)18-2/h8-10,12,15H,3-7,11,13H2,1-2H3. The fourth-order valence-corrected chi connectivity index (χ4v) is 2.85. The smallest absolute Gasteiger partial charge is 0.122 e. The highest BCUT2D eigenvalue weighted by atomic mass is 79.9. The summed E-state index contributed by atoms with van der Waals surface area (Å²) in [5, 5.41) is 0. The Morgan fingerprint density at radius 2 is 1.83 bits per heavy atom. The first-order chi connectivity index (χ1) is 8.77. The molecule has 2 heteroatoms. The SMILES string of the molecule is CCCCCCCC(Br)Cc1ccccc1OC. The van der Waals surface area contributed by atoms with E-state index in [0.29, 0.717) is 4.83 Å². The largest absolute Gasteiger partial charge is 0.496 e. The molecule has 1 atom stereocenters. The van der Waals surface area contributed by atoms with Gasteiger partial charge in [-0.1, -0.05) is 73.2 Å². The molecule has 0 saturated carbocycles. The van der Waals surface area contributed by atoms with E-state index in [1.54, 1.807) is 7.11 Å². The van der Waals surface area contributed by atoms with Crippen molar-refractivity contribution in [3.05, 3.63) is 29.8 Å². The Bertz CT molecular complexity index is 325. The van der Waals surface area contributed by atoms with E-state index in [4.69, 9.17) is 4.74 Å². The van der Waals surface area contributed by atoms with Crippen LogP contribution in [0.1, 0.15) is 51.0 Å². The lowest BCUT2D eigenvalue weighted by atomic mass is 10.0. The van der Waals surface area contributed by atoms with E-state index < -0.39 is 0 Å². The molecule has 1 aromatic carbocycles. The van der Waals surface area contributed by atoms with E-state index >= 15 is 0 Å². The average molecular weight is 313 g/mol. The van der Waals surface area contributed by atoms with Gasteiger partial charge in [-0.15, -0.1) is 0 Å². The highest BCUT2D eigenvalue weighted by molar-refractivity contribution is 9.09. The summed E-state index contributed by atoms with van der Waals surface area (Å²) < 4.78 is 5.38. The quantitative estimate of drug-likeness (QED) is 0.440. The Morgan fingerprint density at radius 1 is 1.11 bits per heavy atom. The van der Waals surface area contributed by atoms with Gasteiger partial charge in [0.15, 0.2) is 0 Å². The fraction of sp³-hybridized carbons (Fsp3) is 0.625. The van der Waals surface area contributed by atoms with Crippen LogP contribution in [0.2, 0.25) is 0 Å². The Balaban J connectivity index is 2.28. The van der Waals surface area contributed by atoms with Gasteiger partial charge in [0.2, 0.25) is 0 Å². The van der Waals surface area contributed by atoms with Crippen LogP contribution in [0.4, 0.5) is 0 Å². The molecule has 1 nitrogen and oxygen atoms in total. The molecule has 0 aromatic heterocycles. The van der Waals surface area contributed by atoms with E-state index in [0.717, 1.165) is 12.2 Å². The molecule has 0 N–H and O–H groups in total. The molecule has 0 spiro atoms. The molecule has 0 aliphatic rings. The molecule has 1 rings (SSSR count). The molecular weight excluding hydrogens is 288 g/mol. The van der Waals surface area contributed by atoms with E-state index in [1.165, 1.54) is 44.1 Å². The summed E-state index contributed by atoms with van der Waals surface area (Å²) in [6, 6.07) is 8.30. The van der Waals surface area contributed by atoms with E-state index in [9.17, 15) is 0 Å². The number of halogens is 1. The minimum Gasteiger partial charge on any atom is -0.496 e. The zero-order valence-corrected chi connectivity index (χ0v) is 13.2. The molecule has 0 bridgehead atoms. The van der Waals surface area contributed by atoms with Crippen LogP contribution in [-0.2, 0) is 6.42 Å². The predicted octanol–water partition coefficient (Wildman–Crippen LogP) is 5.36. The molecule has 0 aliphatic carbocycles. The van der Waals surface area contributed by atoms with Crippen molar-refractivity contribution in [2.45, 2.75) is 56.7 Å². The van der Waals surface area contributed by atoms with Gasteiger partial charge in [-0.25, -0.2) is 0 Å². The minimum atomic E-state index is 0.565.